The molecule has 1 saturated heterocycles. The summed E-state index contributed by atoms with van der Waals surface area (Å²) in [6.07, 6.45) is 0.911. The van der Waals surface area contributed by atoms with Crippen LogP contribution >= 0.6 is 12.2 Å². The van der Waals surface area contributed by atoms with Gasteiger partial charge in [-0.05, 0) is 75.1 Å². The molecule has 1 heterocycles. The fourth-order valence-corrected chi connectivity index (χ4v) is 4.88. The maximum Gasteiger partial charge on any atom is 0.257 e. The third-order valence-electron chi connectivity index (χ3n) is 5.45. The molecule has 33 heavy (non-hydrogen) atoms. The Labute approximate surface area is 201 Å². The lowest BCUT2D eigenvalue weighted by Gasteiger charge is -2.31. The van der Waals surface area contributed by atoms with Gasteiger partial charge in [0.25, 0.3) is 5.91 Å². The number of nitrogens with one attached hydrogen (secondary N) is 2. The molecule has 0 aromatic heterocycles. The highest BCUT2D eigenvalue weighted by Crippen LogP contribution is 2.20. The second-order valence-electron chi connectivity index (χ2n) is 8.00. The number of thiocarbonyl (C=S) groups is 1. The Balaban J connectivity index is 1.58. The Hall–Kier alpha value is -2.53. The van der Waals surface area contributed by atoms with Crippen molar-refractivity contribution in [3.05, 3.63) is 54.1 Å². The van der Waals surface area contributed by atoms with Crippen LogP contribution in [0.15, 0.2) is 53.4 Å². The van der Waals surface area contributed by atoms with Gasteiger partial charge >= 0.3 is 0 Å². The molecule has 0 saturated carbocycles. The Morgan fingerprint density at radius 3 is 2.42 bits per heavy atom. The molecule has 1 atom stereocenters. The lowest BCUT2D eigenvalue weighted by Crippen LogP contribution is -2.46. The first-order valence-corrected chi connectivity index (χ1v) is 12.7. The van der Waals surface area contributed by atoms with Crippen LogP contribution in [-0.4, -0.2) is 68.0 Å². The largest absolute Gasteiger partial charge is 0.491 e. The zero-order valence-electron chi connectivity index (χ0n) is 19.1. The molecule has 1 aliphatic rings. The summed E-state index contributed by atoms with van der Waals surface area (Å²) in [5.41, 5.74) is 1.00. The van der Waals surface area contributed by atoms with E-state index in [2.05, 4.69) is 15.5 Å². The number of anilines is 1. The van der Waals surface area contributed by atoms with Gasteiger partial charge in [-0.1, -0.05) is 13.0 Å². The zero-order chi connectivity index (χ0) is 24.0. The summed E-state index contributed by atoms with van der Waals surface area (Å²) in [5.74, 6) is 0.254. The second-order valence-corrected chi connectivity index (χ2v) is 10.4. The predicted octanol–water partition coefficient (Wildman–Crippen LogP) is 2.93. The normalized spacial score (nSPS) is 16.1. The van der Waals surface area contributed by atoms with Gasteiger partial charge in [-0.3, -0.25) is 10.1 Å². The molecule has 8 nitrogen and oxygen atoms in total. The Kier molecular flexibility index (Phi) is 8.41. The van der Waals surface area contributed by atoms with E-state index in [1.54, 1.807) is 36.4 Å². The number of ether oxygens (including phenoxy) is 1. The molecule has 2 aromatic carbocycles. The first-order valence-electron chi connectivity index (χ1n) is 10.9. The third kappa shape index (κ3) is 6.73. The molecule has 2 N–H and O–H groups in total. The van der Waals surface area contributed by atoms with Gasteiger partial charge in [-0.15, -0.1) is 0 Å². The maximum atomic E-state index is 12.8. The van der Waals surface area contributed by atoms with E-state index in [9.17, 15) is 13.2 Å². The van der Waals surface area contributed by atoms with E-state index in [0.29, 0.717) is 43.2 Å². The quantitative estimate of drug-likeness (QED) is 0.577. The van der Waals surface area contributed by atoms with Gasteiger partial charge in [0.2, 0.25) is 10.0 Å². The van der Waals surface area contributed by atoms with Crippen molar-refractivity contribution < 1.29 is 17.9 Å². The highest BCUT2D eigenvalue weighted by Gasteiger charge is 2.27. The van der Waals surface area contributed by atoms with Crippen LogP contribution in [-0.2, 0) is 10.0 Å². The molecule has 178 valence electrons. The summed E-state index contributed by atoms with van der Waals surface area (Å²) in [6.45, 7) is 6.35. The van der Waals surface area contributed by atoms with Crippen molar-refractivity contribution in [1.29, 1.82) is 0 Å². The van der Waals surface area contributed by atoms with Gasteiger partial charge in [-0.25, -0.2) is 8.42 Å². The number of benzene rings is 2. The standard InChI is InChI=1S/C23H30N4O4S2/c1-4-17(2)31-20-7-5-6-18(16-20)22(28)25-23(32)24-19-8-10-21(11-9-19)33(29,30)27-14-12-26(3)13-15-27/h5-11,16-17H,4,12-15H2,1-3H3,(H2,24,25,28,32). The molecule has 1 aliphatic heterocycles. The van der Waals surface area contributed by atoms with Gasteiger partial charge in [-0.2, -0.15) is 4.31 Å². The molecule has 2 aromatic rings. The summed E-state index contributed by atoms with van der Waals surface area (Å²) in [4.78, 5) is 14.9. The predicted molar refractivity (Wildman–Crippen MR) is 133 cm³/mol. The fraction of sp³-hybridized carbons (Fsp3) is 0.391. The highest BCUT2D eigenvalue weighted by atomic mass is 32.2. The number of rotatable bonds is 7. The molecular weight excluding hydrogens is 460 g/mol. The van der Waals surface area contributed by atoms with Crippen molar-refractivity contribution in [2.24, 2.45) is 0 Å². The van der Waals surface area contributed by atoms with E-state index >= 15 is 0 Å². The molecule has 0 aliphatic carbocycles. The van der Waals surface area contributed by atoms with E-state index < -0.39 is 10.0 Å². The number of sulfonamides is 1. The first-order chi connectivity index (χ1) is 15.7. The molecule has 10 heteroatoms. The number of likely N-dealkylation sites (N-methyl/N-ethyl adjacent to an activating group) is 1. The van der Waals surface area contributed by atoms with Crippen molar-refractivity contribution >= 4 is 38.9 Å². The van der Waals surface area contributed by atoms with Crippen molar-refractivity contribution in [3.63, 3.8) is 0 Å². The van der Waals surface area contributed by atoms with Crippen molar-refractivity contribution in [2.45, 2.75) is 31.3 Å². The second kappa shape index (κ2) is 11.1. The molecular formula is C23H30N4O4S2. The Morgan fingerprint density at radius 2 is 1.79 bits per heavy atom. The average Bonchev–Trinajstić information content (AvgIpc) is 2.79. The number of hydrogen-bond acceptors (Lipinski definition) is 6. The molecule has 1 unspecified atom stereocenters. The summed E-state index contributed by atoms with van der Waals surface area (Å²) in [6, 6.07) is 13.2. The number of nitrogens with zero attached hydrogens (tertiary/aromatic N) is 2. The van der Waals surface area contributed by atoms with E-state index in [1.807, 2.05) is 20.9 Å². The van der Waals surface area contributed by atoms with Crippen LogP contribution in [0.5, 0.6) is 5.75 Å². The minimum atomic E-state index is -3.54. The van der Waals surface area contributed by atoms with E-state index in [4.69, 9.17) is 17.0 Å². The smallest absolute Gasteiger partial charge is 0.257 e. The van der Waals surface area contributed by atoms with Gasteiger partial charge in [0.15, 0.2) is 5.11 Å². The SMILES string of the molecule is CCC(C)Oc1cccc(C(=O)NC(=S)Nc2ccc(S(=O)(=O)N3CCN(C)CC3)cc2)c1. The van der Waals surface area contributed by atoms with Crippen LogP contribution < -0.4 is 15.4 Å². The Bertz CT molecular complexity index is 1080. The first kappa shape index (κ1) is 25.1. The topological polar surface area (TPSA) is 91.0 Å². The highest BCUT2D eigenvalue weighted by molar-refractivity contribution is 7.89. The van der Waals surface area contributed by atoms with Crippen molar-refractivity contribution in [2.75, 3.05) is 38.5 Å². The van der Waals surface area contributed by atoms with Gasteiger partial charge in [0.05, 0.1) is 11.0 Å². The number of carbonyl (C=O) groups excluding carboxylic acids is 1. The van der Waals surface area contributed by atoms with Crippen LogP contribution in [0.1, 0.15) is 30.6 Å². The number of hydrogen-bond donors (Lipinski definition) is 2. The van der Waals surface area contributed by atoms with E-state index in [-0.39, 0.29) is 22.0 Å². The summed E-state index contributed by atoms with van der Waals surface area (Å²) in [5, 5.41) is 5.66. The zero-order valence-corrected chi connectivity index (χ0v) is 20.7. The fourth-order valence-electron chi connectivity index (χ4n) is 3.25. The summed E-state index contributed by atoms with van der Waals surface area (Å²) in [7, 11) is -1.56. The van der Waals surface area contributed by atoms with Crippen LogP contribution in [0.25, 0.3) is 0 Å². The van der Waals surface area contributed by atoms with Crippen molar-refractivity contribution in [1.82, 2.24) is 14.5 Å². The van der Waals surface area contributed by atoms with Gasteiger partial charge in [0.1, 0.15) is 5.75 Å². The minimum absolute atomic E-state index is 0.0501. The van der Waals surface area contributed by atoms with E-state index in [0.717, 1.165) is 6.42 Å². The van der Waals surface area contributed by atoms with Crippen LogP contribution in [0.4, 0.5) is 5.69 Å². The molecule has 0 radical (unpaired) electrons. The van der Waals surface area contributed by atoms with Crippen molar-refractivity contribution in [3.8, 4) is 5.75 Å². The lowest BCUT2D eigenvalue weighted by atomic mass is 10.2. The summed E-state index contributed by atoms with van der Waals surface area (Å²) < 4.78 is 32.9. The van der Waals surface area contributed by atoms with Crippen LogP contribution in [0.3, 0.4) is 0 Å². The average molecular weight is 491 g/mol. The molecule has 1 fully saturated rings. The number of amides is 1. The van der Waals surface area contributed by atoms with E-state index in [1.165, 1.54) is 16.4 Å². The molecule has 0 bridgehead atoms. The minimum Gasteiger partial charge on any atom is -0.491 e. The summed E-state index contributed by atoms with van der Waals surface area (Å²) >= 11 is 5.25. The monoisotopic (exact) mass is 490 g/mol. The maximum absolute atomic E-state index is 12.8. The lowest BCUT2D eigenvalue weighted by molar-refractivity contribution is 0.0977. The van der Waals surface area contributed by atoms with Crippen LogP contribution in [0.2, 0.25) is 0 Å². The molecule has 1 amide bonds. The number of carbonyl (C=O) groups is 1. The molecule has 3 rings (SSSR count). The third-order valence-corrected chi connectivity index (χ3v) is 7.56. The van der Waals surface area contributed by atoms with Gasteiger partial charge in [0, 0.05) is 37.4 Å². The van der Waals surface area contributed by atoms with Gasteiger partial charge < -0.3 is 15.0 Å². The van der Waals surface area contributed by atoms with Crippen LogP contribution in [0, 0.1) is 0 Å². The number of piperazine rings is 1. The Morgan fingerprint density at radius 1 is 1.12 bits per heavy atom. The molecule has 0 spiro atoms.